The van der Waals surface area contributed by atoms with Crippen LogP contribution in [-0.2, 0) is 14.4 Å². The van der Waals surface area contributed by atoms with Crippen LogP contribution in [-0.4, -0.2) is 29.7 Å². The minimum Gasteiger partial charge on any atom is -0.326 e. The van der Waals surface area contributed by atoms with Crippen molar-refractivity contribution in [3.8, 4) is 0 Å². The highest BCUT2D eigenvalue weighted by atomic mass is 35.5. The molecule has 2 rings (SSSR count). The zero-order valence-electron chi connectivity index (χ0n) is 10.4. The van der Waals surface area contributed by atoms with Crippen molar-refractivity contribution in [1.29, 1.82) is 0 Å². The van der Waals surface area contributed by atoms with Crippen LogP contribution in [0.5, 0.6) is 0 Å². The van der Waals surface area contributed by atoms with Gasteiger partial charge in [0.25, 0.3) is 11.8 Å². The maximum absolute atomic E-state index is 11.9. The molecule has 0 bridgehead atoms. The van der Waals surface area contributed by atoms with E-state index in [2.05, 4.69) is 5.32 Å². The molecule has 3 amide bonds. The lowest BCUT2D eigenvalue weighted by atomic mass is 10.1. The van der Waals surface area contributed by atoms with Gasteiger partial charge in [-0.3, -0.25) is 19.3 Å². The summed E-state index contributed by atoms with van der Waals surface area (Å²) in [5, 5.41) is 2.53. The molecule has 0 aliphatic carbocycles. The van der Waals surface area contributed by atoms with Crippen LogP contribution < -0.4 is 5.32 Å². The Kier molecular flexibility index (Phi) is 3.40. The van der Waals surface area contributed by atoms with Crippen LogP contribution in [0.3, 0.4) is 0 Å². The van der Waals surface area contributed by atoms with E-state index in [0.29, 0.717) is 11.3 Å². The summed E-state index contributed by atoms with van der Waals surface area (Å²) >= 11 is 5.87. The van der Waals surface area contributed by atoms with E-state index in [-0.39, 0.29) is 16.5 Å². The molecule has 0 atom stereocenters. The van der Waals surface area contributed by atoms with Crippen molar-refractivity contribution in [3.05, 3.63) is 34.9 Å². The van der Waals surface area contributed by atoms with Gasteiger partial charge in [0.2, 0.25) is 5.91 Å². The monoisotopic (exact) mass is 278 g/mol. The molecular weight excluding hydrogens is 268 g/mol. The van der Waals surface area contributed by atoms with Crippen LogP contribution in [0, 0.1) is 0 Å². The van der Waals surface area contributed by atoms with Crippen LogP contribution in [0.15, 0.2) is 29.3 Å². The van der Waals surface area contributed by atoms with Crippen molar-refractivity contribution in [2.24, 2.45) is 0 Å². The number of nitrogens with one attached hydrogen (secondary N) is 1. The highest BCUT2D eigenvalue weighted by molar-refractivity contribution is 6.55. The van der Waals surface area contributed by atoms with Crippen LogP contribution in [0.2, 0.25) is 0 Å². The minimum absolute atomic E-state index is 0.0835. The second-order valence-electron chi connectivity index (χ2n) is 4.12. The summed E-state index contributed by atoms with van der Waals surface area (Å²) in [5.41, 5.74) is 1.34. The van der Waals surface area contributed by atoms with Crippen molar-refractivity contribution in [1.82, 2.24) is 4.90 Å². The lowest BCUT2D eigenvalue weighted by Crippen LogP contribution is -2.26. The summed E-state index contributed by atoms with van der Waals surface area (Å²) in [6.07, 6.45) is 0. The van der Waals surface area contributed by atoms with Crippen molar-refractivity contribution in [3.63, 3.8) is 0 Å². The molecule has 0 fully saturated rings. The molecule has 6 heteroatoms. The van der Waals surface area contributed by atoms with Gasteiger partial charge in [0.15, 0.2) is 0 Å². The van der Waals surface area contributed by atoms with E-state index in [1.54, 1.807) is 24.3 Å². The summed E-state index contributed by atoms with van der Waals surface area (Å²) in [4.78, 5) is 35.3. The van der Waals surface area contributed by atoms with E-state index >= 15 is 0 Å². The first kappa shape index (κ1) is 13.3. The zero-order valence-corrected chi connectivity index (χ0v) is 11.1. The average Bonchev–Trinajstić information content (AvgIpc) is 2.55. The molecule has 98 valence electrons. The molecule has 0 saturated carbocycles. The van der Waals surface area contributed by atoms with E-state index in [1.807, 2.05) is 0 Å². The second-order valence-corrected chi connectivity index (χ2v) is 4.49. The highest BCUT2D eigenvalue weighted by Gasteiger charge is 2.35. The van der Waals surface area contributed by atoms with Gasteiger partial charge in [-0.2, -0.15) is 0 Å². The number of hydrogen-bond donors (Lipinski definition) is 1. The van der Waals surface area contributed by atoms with Crippen LogP contribution in [0.25, 0.3) is 5.57 Å². The highest BCUT2D eigenvalue weighted by Crippen LogP contribution is 2.31. The van der Waals surface area contributed by atoms with Crippen molar-refractivity contribution in [2.75, 3.05) is 12.4 Å². The minimum atomic E-state index is -0.507. The lowest BCUT2D eigenvalue weighted by molar-refractivity contribution is -0.134. The second kappa shape index (κ2) is 4.85. The number of hydrogen-bond acceptors (Lipinski definition) is 3. The third kappa shape index (κ3) is 2.37. The molecule has 0 spiro atoms. The Labute approximate surface area is 114 Å². The number of amides is 3. The van der Waals surface area contributed by atoms with Crippen LogP contribution in [0.4, 0.5) is 5.69 Å². The summed E-state index contributed by atoms with van der Waals surface area (Å²) in [5.74, 6) is -1.12. The Hall–Kier alpha value is -2.14. The predicted octanol–water partition coefficient (Wildman–Crippen LogP) is 1.59. The molecule has 1 aliphatic rings. The summed E-state index contributed by atoms with van der Waals surface area (Å²) in [7, 11) is 1.38. The van der Waals surface area contributed by atoms with Gasteiger partial charge in [-0.25, -0.2) is 0 Å². The molecule has 0 radical (unpaired) electrons. The van der Waals surface area contributed by atoms with Gasteiger partial charge in [0, 0.05) is 19.7 Å². The Balaban J connectivity index is 2.35. The average molecular weight is 279 g/mol. The SMILES string of the molecule is CC(=O)Nc1ccc(C2=C(Cl)C(=O)N(C)C2=O)cc1. The predicted molar refractivity (Wildman–Crippen MR) is 71.3 cm³/mol. The molecule has 1 aromatic rings. The van der Waals surface area contributed by atoms with E-state index in [4.69, 9.17) is 11.6 Å². The molecule has 1 heterocycles. The molecule has 19 heavy (non-hydrogen) atoms. The Morgan fingerprint density at radius 1 is 1.16 bits per heavy atom. The number of rotatable bonds is 2. The Morgan fingerprint density at radius 2 is 1.74 bits per heavy atom. The van der Waals surface area contributed by atoms with Gasteiger partial charge in [-0.15, -0.1) is 0 Å². The fourth-order valence-corrected chi connectivity index (χ4v) is 2.10. The first-order valence-corrected chi connectivity index (χ1v) is 5.90. The Morgan fingerprint density at radius 3 is 2.16 bits per heavy atom. The molecule has 0 saturated heterocycles. The van der Waals surface area contributed by atoms with E-state index in [1.165, 1.54) is 14.0 Å². The fraction of sp³-hybridized carbons (Fsp3) is 0.154. The summed E-state index contributed by atoms with van der Waals surface area (Å²) in [6.45, 7) is 1.40. The molecule has 5 nitrogen and oxygen atoms in total. The number of benzene rings is 1. The number of halogens is 1. The van der Waals surface area contributed by atoms with E-state index in [0.717, 1.165) is 4.90 Å². The van der Waals surface area contributed by atoms with Crippen molar-refractivity contribution < 1.29 is 14.4 Å². The number of carbonyl (C=O) groups excluding carboxylic acids is 3. The quantitative estimate of drug-likeness (QED) is 0.836. The van der Waals surface area contributed by atoms with Crippen molar-refractivity contribution >= 4 is 40.6 Å². The summed E-state index contributed by atoms with van der Waals surface area (Å²) < 4.78 is 0. The molecule has 0 unspecified atom stereocenters. The smallest absolute Gasteiger partial charge is 0.272 e. The van der Waals surface area contributed by atoms with Gasteiger partial charge >= 0.3 is 0 Å². The number of anilines is 1. The van der Waals surface area contributed by atoms with E-state index in [9.17, 15) is 14.4 Å². The van der Waals surface area contributed by atoms with Crippen molar-refractivity contribution in [2.45, 2.75) is 6.92 Å². The van der Waals surface area contributed by atoms with Crippen LogP contribution >= 0.6 is 11.6 Å². The lowest BCUT2D eigenvalue weighted by Gasteiger charge is -2.07. The zero-order chi connectivity index (χ0) is 14.2. The van der Waals surface area contributed by atoms with E-state index < -0.39 is 11.8 Å². The third-order valence-corrected chi connectivity index (χ3v) is 3.07. The standard InChI is InChI=1S/C13H11ClN2O3/c1-7(17)15-9-5-3-8(4-6-9)10-11(14)13(19)16(2)12(10)18/h3-6H,1-2H3,(H,15,17). The number of likely N-dealkylation sites (N-methyl/N-ethyl adjacent to an activating group) is 1. The molecule has 1 aromatic carbocycles. The third-order valence-electron chi connectivity index (χ3n) is 2.72. The number of imide groups is 1. The molecular formula is C13H11ClN2O3. The normalized spacial score (nSPS) is 15.2. The fourth-order valence-electron chi connectivity index (χ4n) is 1.78. The van der Waals surface area contributed by atoms with Gasteiger partial charge in [-0.05, 0) is 17.7 Å². The van der Waals surface area contributed by atoms with Crippen LogP contribution in [0.1, 0.15) is 12.5 Å². The largest absolute Gasteiger partial charge is 0.326 e. The van der Waals surface area contributed by atoms with Gasteiger partial charge in [-0.1, -0.05) is 23.7 Å². The van der Waals surface area contributed by atoms with Gasteiger partial charge in [0.05, 0.1) is 5.57 Å². The maximum Gasteiger partial charge on any atom is 0.272 e. The first-order valence-electron chi connectivity index (χ1n) is 5.52. The molecule has 1 aliphatic heterocycles. The number of carbonyl (C=O) groups is 3. The topological polar surface area (TPSA) is 66.5 Å². The Bertz CT molecular complexity index is 605. The van der Waals surface area contributed by atoms with Gasteiger partial charge < -0.3 is 5.32 Å². The molecule has 1 N–H and O–H groups in total. The first-order chi connectivity index (χ1) is 8.91. The van der Waals surface area contributed by atoms with Gasteiger partial charge in [0.1, 0.15) is 5.03 Å². The molecule has 0 aromatic heterocycles. The number of nitrogens with zero attached hydrogens (tertiary/aromatic N) is 1. The summed E-state index contributed by atoms with van der Waals surface area (Å²) in [6, 6.07) is 6.55. The maximum atomic E-state index is 11.9.